The maximum atomic E-state index is 13.3. The Hall–Kier alpha value is -2.35. The van der Waals surface area contributed by atoms with E-state index in [1.807, 2.05) is 0 Å². The normalized spacial score (nSPS) is 24.3. The fourth-order valence-corrected chi connectivity index (χ4v) is 4.63. The van der Waals surface area contributed by atoms with Crippen molar-refractivity contribution in [3.05, 3.63) is 46.5 Å². The van der Waals surface area contributed by atoms with Gasteiger partial charge in [0.25, 0.3) is 5.91 Å². The van der Waals surface area contributed by atoms with E-state index in [1.165, 1.54) is 12.1 Å². The summed E-state index contributed by atoms with van der Waals surface area (Å²) in [4.78, 5) is 27.2. The Kier molecular flexibility index (Phi) is 4.93. The summed E-state index contributed by atoms with van der Waals surface area (Å²) < 4.78 is 44.7. The van der Waals surface area contributed by atoms with Crippen molar-refractivity contribution in [3.8, 4) is 0 Å². The molecule has 0 aromatic heterocycles. The number of piperidine rings is 1. The fourth-order valence-electron chi connectivity index (χ4n) is 4.63. The highest BCUT2D eigenvalue weighted by atomic mass is 19.4. The summed E-state index contributed by atoms with van der Waals surface area (Å²) in [6, 6.07) is 5.30. The number of hydrogen-bond donors (Lipinski definition) is 1. The van der Waals surface area contributed by atoms with Crippen LogP contribution in [0.25, 0.3) is 0 Å². The van der Waals surface area contributed by atoms with Gasteiger partial charge in [-0.25, -0.2) is 4.79 Å². The number of ether oxygens (including phenoxy) is 1. The molecule has 3 aliphatic rings. The number of amides is 1. The summed E-state index contributed by atoms with van der Waals surface area (Å²) in [7, 11) is 0. The van der Waals surface area contributed by atoms with Crippen LogP contribution < -0.4 is 5.32 Å². The number of carbonyl (C=O) groups is 2. The first-order chi connectivity index (χ1) is 13.7. The summed E-state index contributed by atoms with van der Waals surface area (Å²) in [6.45, 7) is 3.71. The number of esters is 1. The maximum absolute atomic E-state index is 13.3. The first-order valence-electron chi connectivity index (χ1n) is 9.83. The van der Waals surface area contributed by atoms with E-state index in [0.29, 0.717) is 62.2 Å². The number of nitrogens with one attached hydrogen (secondary N) is 1. The van der Waals surface area contributed by atoms with E-state index >= 15 is 0 Å². The van der Waals surface area contributed by atoms with E-state index in [9.17, 15) is 22.8 Å². The van der Waals surface area contributed by atoms with Gasteiger partial charge in [-0.1, -0.05) is 18.2 Å². The lowest BCUT2D eigenvalue weighted by Crippen LogP contribution is -2.47. The van der Waals surface area contributed by atoms with Gasteiger partial charge in [-0.2, -0.15) is 13.2 Å². The third-order valence-corrected chi connectivity index (χ3v) is 6.21. The van der Waals surface area contributed by atoms with Crippen LogP contribution in [0.2, 0.25) is 0 Å². The molecule has 1 aromatic carbocycles. The molecule has 1 unspecified atom stereocenters. The number of rotatable bonds is 2. The SMILES string of the molecule is CC1=C(C(=O)N2CCC(c3cccc(C(F)(F)F)c3)C2)C2(CCNCC2)OC1=O. The third kappa shape index (κ3) is 3.54. The fraction of sp³-hybridized carbons (Fsp3) is 0.524. The Balaban J connectivity index is 1.55. The predicted octanol–water partition coefficient (Wildman–Crippen LogP) is 3.02. The van der Waals surface area contributed by atoms with Gasteiger partial charge in [0.15, 0.2) is 0 Å². The molecule has 2 fully saturated rings. The number of benzene rings is 1. The van der Waals surface area contributed by atoms with E-state index in [-0.39, 0.29) is 11.8 Å². The summed E-state index contributed by atoms with van der Waals surface area (Å²) in [5, 5.41) is 3.21. The van der Waals surface area contributed by atoms with Crippen LogP contribution in [-0.2, 0) is 20.5 Å². The standard InChI is InChI=1S/C21H23F3N2O3/c1-13-17(20(29-19(13)28)6-8-25-9-7-20)18(27)26-10-5-15(12-26)14-3-2-4-16(11-14)21(22,23)24/h2-4,11,15,25H,5-10,12H2,1H3. The average Bonchev–Trinajstić information content (AvgIpc) is 3.26. The third-order valence-electron chi connectivity index (χ3n) is 6.21. The zero-order chi connectivity index (χ0) is 20.8. The number of halogens is 3. The average molecular weight is 408 g/mol. The first kappa shape index (κ1) is 19.9. The van der Waals surface area contributed by atoms with Crippen LogP contribution >= 0.6 is 0 Å². The van der Waals surface area contributed by atoms with Crippen molar-refractivity contribution in [1.82, 2.24) is 10.2 Å². The van der Waals surface area contributed by atoms with Crippen molar-refractivity contribution in [2.24, 2.45) is 0 Å². The highest BCUT2D eigenvalue weighted by Gasteiger charge is 2.51. The van der Waals surface area contributed by atoms with Gasteiger partial charge in [-0.15, -0.1) is 0 Å². The molecule has 8 heteroatoms. The number of nitrogens with zero attached hydrogens (tertiary/aromatic N) is 1. The number of likely N-dealkylation sites (tertiary alicyclic amines) is 1. The highest BCUT2D eigenvalue weighted by molar-refractivity contribution is 6.07. The molecule has 0 radical (unpaired) electrons. The van der Waals surface area contributed by atoms with Crippen LogP contribution in [0.15, 0.2) is 35.4 Å². The number of carbonyl (C=O) groups excluding carboxylic acids is 2. The molecule has 0 saturated carbocycles. The van der Waals surface area contributed by atoms with Crippen LogP contribution in [0.5, 0.6) is 0 Å². The van der Waals surface area contributed by atoms with Gasteiger partial charge in [-0.05, 0) is 38.1 Å². The van der Waals surface area contributed by atoms with Crippen molar-refractivity contribution in [1.29, 1.82) is 0 Å². The Labute approximate surface area is 166 Å². The van der Waals surface area contributed by atoms with Crippen molar-refractivity contribution in [2.45, 2.75) is 43.9 Å². The Morgan fingerprint density at radius 1 is 1.28 bits per heavy atom. The van der Waals surface area contributed by atoms with Crippen LogP contribution in [0.1, 0.15) is 43.2 Å². The molecular weight excluding hydrogens is 385 g/mol. The molecule has 5 nitrogen and oxygen atoms in total. The Morgan fingerprint density at radius 2 is 2.00 bits per heavy atom. The lowest BCUT2D eigenvalue weighted by Gasteiger charge is -2.35. The molecule has 0 bridgehead atoms. The predicted molar refractivity (Wildman–Crippen MR) is 99.0 cm³/mol. The highest BCUT2D eigenvalue weighted by Crippen LogP contribution is 2.42. The quantitative estimate of drug-likeness (QED) is 0.765. The second-order valence-electron chi connectivity index (χ2n) is 7.99. The van der Waals surface area contributed by atoms with Gasteiger partial charge in [0.05, 0.1) is 11.1 Å². The van der Waals surface area contributed by atoms with Crippen LogP contribution in [0.4, 0.5) is 13.2 Å². The van der Waals surface area contributed by atoms with Gasteiger partial charge >= 0.3 is 12.1 Å². The van der Waals surface area contributed by atoms with E-state index in [1.54, 1.807) is 17.9 Å². The zero-order valence-corrected chi connectivity index (χ0v) is 16.1. The topological polar surface area (TPSA) is 58.6 Å². The van der Waals surface area contributed by atoms with Crippen molar-refractivity contribution in [2.75, 3.05) is 26.2 Å². The molecule has 2 saturated heterocycles. The Morgan fingerprint density at radius 3 is 2.69 bits per heavy atom. The summed E-state index contributed by atoms with van der Waals surface area (Å²) in [5.41, 5.74) is -0.205. The monoisotopic (exact) mass is 408 g/mol. The second-order valence-corrected chi connectivity index (χ2v) is 7.99. The van der Waals surface area contributed by atoms with Gasteiger partial charge in [0.2, 0.25) is 0 Å². The maximum Gasteiger partial charge on any atom is 0.416 e. The molecule has 156 valence electrons. The molecular formula is C21H23F3N2O3. The summed E-state index contributed by atoms with van der Waals surface area (Å²) >= 11 is 0. The second kappa shape index (κ2) is 7.16. The molecule has 3 aliphatic heterocycles. The van der Waals surface area contributed by atoms with E-state index in [4.69, 9.17) is 4.74 Å². The van der Waals surface area contributed by atoms with Crippen LogP contribution in [0.3, 0.4) is 0 Å². The number of alkyl halides is 3. The molecule has 3 heterocycles. The van der Waals surface area contributed by atoms with Crippen molar-refractivity contribution in [3.63, 3.8) is 0 Å². The minimum Gasteiger partial charge on any atom is -0.450 e. The summed E-state index contributed by atoms with van der Waals surface area (Å²) in [5.74, 6) is -0.849. The minimum absolute atomic E-state index is 0.163. The van der Waals surface area contributed by atoms with E-state index < -0.39 is 23.3 Å². The van der Waals surface area contributed by atoms with Gasteiger partial charge in [0.1, 0.15) is 5.60 Å². The number of hydrogen-bond acceptors (Lipinski definition) is 4. The van der Waals surface area contributed by atoms with Crippen molar-refractivity contribution >= 4 is 11.9 Å². The minimum atomic E-state index is -4.39. The largest absolute Gasteiger partial charge is 0.450 e. The molecule has 1 aromatic rings. The van der Waals surface area contributed by atoms with E-state index in [0.717, 1.165) is 6.07 Å². The zero-order valence-electron chi connectivity index (χ0n) is 16.1. The molecule has 1 amide bonds. The lowest BCUT2D eigenvalue weighted by molar-refractivity contribution is -0.149. The van der Waals surface area contributed by atoms with Crippen molar-refractivity contribution < 1.29 is 27.5 Å². The van der Waals surface area contributed by atoms with Crippen LogP contribution in [-0.4, -0.2) is 48.6 Å². The molecule has 0 aliphatic carbocycles. The Bertz CT molecular complexity index is 872. The molecule has 1 N–H and O–H groups in total. The molecule has 1 atom stereocenters. The van der Waals surface area contributed by atoms with Gasteiger partial charge in [0, 0.05) is 37.4 Å². The van der Waals surface area contributed by atoms with Gasteiger partial charge in [-0.3, -0.25) is 4.79 Å². The van der Waals surface area contributed by atoms with Gasteiger partial charge < -0.3 is 15.0 Å². The molecule has 4 rings (SSSR count). The van der Waals surface area contributed by atoms with Crippen LogP contribution in [0, 0.1) is 0 Å². The molecule has 29 heavy (non-hydrogen) atoms. The lowest BCUT2D eigenvalue weighted by atomic mass is 9.83. The summed E-state index contributed by atoms with van der Waals surface area (Å²) in [6.07, 6.45) is -2.72. The van der Waals surface area contributed by atoms with E-state index in [2.05, 4.69) is 5.32 Å². The smallest absolute Gasteiger partial charge is 0.416 e. The first-order valence-corrected chi connectivity index (χ1v) is 9.83. The molecule has 1 spiro atoms.